The van der Waals surface area contributed by atoms with E-state index in [0.29, 0.717) is 39.5 Å². The summed E-state index contributed by atoms with van der Waals surface area (Å²) in [6.45, 7) is 5.40. The number of likely N-dealkylation sites (N-methyl/N-ethyl adjacent to an activating group) is 1. The van der Waals surface area contributed by atoms with Crippen LogP contribution in [0.1, 0.15) is 15.9 Å². The highest BCUT2D eigenvalue weighted by Crippen LogP contribution is 2.28. The minimum atomic E-state index is -0.324. The lowest BCUT2D eigenvalue weighted by atomic mass is 10.2. The average Bonchev–Trinajstić information content (AvgIpc) is 2.88. The molecule has 8 nitrogen and oxygen atoms in total. The Kier molecular flexibility index (Phi) is 8.30. The van der Waals surface area contributed by atoms with Gasteiger partial charge in [-0.15, -0.1) is 0 Å². The first-order chi connectivity index (χ1) is 17.3. The molecular formula is C26H27Cl2N5O3. The second-order valence-corrected chi connectivity index (χ2v) is 9.32. The normalized spacial score (nSPS) is 13.3. The van der Waals surface area contributed by atoms with Gasteiger partial charge in [0.15, 0.2) is 0 Å². The Balaban J connectivity index is 1.35. The Morgan fingerprint density at radius 3 is 2.53 bits per heavy atom. The van der Waals surface area contributed by atoms with Crippen LogP contribution in [0, 0.1) is 6.92 Å². The molecule has 0 atom stereocenters. The zero-order valence-electron chi connectivity index (χ0n) is 20.1. The number of pyridine rings is 1. The molecular weight excluding hydrogens is 501 g/mol. The molecule has 0 bridgehead atoms. The molecule has 0 unspecified atom stereocenters. The van der Waals surface area contributed by atoms with Gasteiger partial charge < -0.3 is 25.2 Å². The topological polar surface area (TPSA) is 86.8 Å². The molecule has 4 rings (SSSR count). The van der Waals surface area contributed by atoms with E-state index in [2.05, 4.69) is 15.6 Å². The van der Waals surface area contributed by atoms with Crippen LogP contribution in [0.5, 0.6) is 11.6 Å². The first-order valence-electron chi connectivity index (χ1n) is 11.5. The first-order valence-corrected chi connectivity index (χ1v) is 12.3. The summed E-state index contributed by atoms with van der Waals surface area (Å²) in [5.41, 5.74) is 2.74. The van der Waals surface area contributed by atoms with Crippen molar-refractivity contribution in [2.45, 2.75) is 6.92 Å². The van der Waals surface area contributed by atoms with Crippen molar-refractivity contribution in [2.75, 3.05) is 50.0 Å². The molecule has 3 aromatic rings. The minimum absolute atomic E-state index is 0.118. The Morgan fingerprint density at radius 2 is 1.86 bits per heavy atom. The van der Waals surface area contributed by atoms with Crippen LogP contribution in [0.15, 0.2) is 54.7 Å². The van der Waals surface area contributed by atoms with Gasteiger partial charge >= 0.3 is 0 Å². The van der Waals surface area contributed by atoms with E-state index < -0.39 is 0 Å². The van der Waals surface area contributed by atoms with Gasteiger partial charge in [-0.05, 0) is 55.0 Å². The molecule has 2 amide bonds. The van der Waals surface area contributed by atoms with Crippen LogP contribution in [0.4, 0.5) is 11.4 Å². The molecule has 2 heterocycles. The van der Waals surface area contributed by atoms with Gasteiger partial charge in [0.25, 0.3) is 5.91 Å². The van der Waals surface area contributed by atoms with Crippen molar-refractivity contribution in [3.05, 3.63) is 75.9 Å². The number of anilines is 2. The van der Waals surface area contributed by atoms with Crippen LogP contribution >= 0.6 is 23.2 Å². The summed E-state index contributed by atoms with van der Waals surface area (Å²) in [7, 11) is 1.90. The molecule has 2 aromatic carbocycles. The number of rotatable bonds is 7. The summed E-state index contributed by atoms with van der Waals surface area (Å²) < 4.78 is 5.94. The van der Waals surface area contributed by atoms with Crippen molar-refractivity contribution < 1.29 is 14.3 Å². The molecule has 1 aliphatic rings. The number of aromatic nitrogens is 1. The maximum Gasteiger partial charge on any atom is 0.255 e. The van der Waals surface area contributed by atoms with Crippen molar-refractivity contribution >= 4 is 46.4 Å². The number of carbonyl (C=O) groups excluding carboxylic acids is 2. The minimum Gasteiger partial charge on any atom is -0.439 e. The second kappa shape index (κ2) is 11.6. The molecule has 36 heavy (non-hydrogen) atoms. The van der Waals surface area contributed by atoms with Crippen LogP contribution in [0.3, 0.4) is 0 Å². The maximum absolute atomic E-state index is 12.6. The smallest absolute Gasteiger partial charge is 0.255 e. The fourth-order valence-electron chi connectivity index (χ4n) is 3.76. The van der Waals surface area contributed by atoms with Crippen molar-refractivity contribution in [3.63, 3.8) is 0 Å². The molecule has 0 saturated carbocycles. The van der Waals surface area contributed by atoms with Crippen molar-refractivity contribution in [1.29, 1.82) is 0 Å². The van der Waals surface area contributed by atoms with E-state index in [0.717, 1.165) is 37.4 Å². The number of nitrogens with zero attached hydrogens (tertiary/aromatic N) is 3. The lowest BCUT2D eigenvalue weighted by Gasteiger charge is -2.30. The van der Waals surface area contributed by atoms with E-state index in [1.54, 1.807) is 24.3 Å². The quantitative estimate of drug-likeness (QED) is 0.466. The first kappa shape index (κ1) is 25.8. The van der Waals surface area contributed by atoms with Crippen molar-refractivity contribution in [1.82, 2.24) is 15.2 Å². The number of hydrogen-bond donors (Lipinski definition) is 2. The van der Waals surface area contributed by atoms with Crippen molar-refractivity contribution in [3.8, 4) is 11.6 Å². The van der Waals surface area contributed by atoms with Gasteiger partial charge in [0.05, 0.1) is 28.5 Å². The lowest BCUT2D eigenvalue weighted by Crippen LogP contribution is -2.49. The van der Waals surface area contributed by atoms with Crippen LogP contribution in [0.25, 0.3) is 0 Å². The van der Waals surface area contributed by atoms with E-state index in [1.807, 2.05) is 42.0 Å². The van der Waals surface area contributed by atoms with Gasteiger partial charge in [-0.3, -0.25) is 9.59 Å². The standard InChI is InChI=1S/C26H27Cl2N5O3/c1-17-13-20(32(2)16-25(34)33-11-9-29-10-12-33)5-7-23(17)36-24-8-4-19(15-30-24)31-26(35)18-3-6-21(27)22(28)14-18/h3-8,13-15,29H,9-12,16H2,1-2H3,(H,31,35). The van der Waals surface area contributed by atoms with Gasteiger partial charge in [-0.1, -0.05) is 23.2 Å². The molecule has 188 valence electrons. The lowest BCUT2D eigenvalue weighted by molar-refractivity contribution is -0.130. The highest BCUT2D eigenvalue weighted by molar-refractivity contribution is 6.42. The summed E-state index contributed by atoms with van der Waals surface area (Å²) in [5, 5.41) is 6.72. The summed E-state index contributed by atoms with van der Waals surface area (Å²) in [6, 6.07) is 13.8. The van der Waals surface area contributed by atoms with Crippen LogP contribution in [-0.2, 0) is 4.79 Å². The number of halogens is 2. The van der Waals surface area contributed by atoms with E-state index in [1.165, 1.54) is 12.3 Å². The van der Waals surface area contributed by atoms with Gasteiger partial charge in [-0.2, -0.15) is 0 Å². The summed E-state index contributed by atoms with van der Waals surface area (Å²) in [5.74, 6) is 0.837. The van der Waals surface area contributed by atoms with E-state index in [4.69, 9.17) is 27.9 Å². The fourth-order valence-corrected chi connectivity index (χ4v) is 4.06. The molecule has 0 radical (unpaired) electrons. The van der Waals surface area contributed by atoms with Crippen molar-refractivity contribution in [2.24, 2.45) is 0 Å². The SMILES string of the molecule is Cc1cc(N(C)CC(=O)N2CCNCC2)ccc1Oc1ccc(NC(=O)c2ccc(Cl)c(Cl)c2)cn1. The maximum atomic E-state index is 12.6. The third-order valence-corrected chi connectivity index (χ3v) is 6.57. The molecule has 1 saturated heterocycles. The third-order valence-electron chi connectivity index (χ3n) is 5.83. The Morgan fingerprint density at radius 1 is 1.08 bits per heavy atom. The van der Waals surface area contributed by atoms with Crippen LogP contribution < -0.4 is 20.3 Å². The monoisotopic (exact) mass is 527 g/mol. The molecule has 1 aliphatic heterocycles. The van der Waals surface area contributed by atoms with Crippen LogP contribution in [-0.4, -0.2) is 61.5 Å². The van der Waals surface area contributed by atoms with E-state index in [9.17, 15) is 9.59 Å². The Hall–Kier alpha value is -3.33. The van der Waals surface area contributed by atoms with E-state index >= 15 is 0 Å². The zero-order valence-corrected chi connectivity index (χ0v) is 21.6. The molecule has 0 aliphatic carbocycles. The number of nitrogens with one attached hydrogen (secondary N) is 2. The molecule has 2 N–H and O–H groups in total. The van der Waals surface area contributed by atoms with Gasteiger partial charge in [0, 0.05) is 50.5 Å². The number of hydrogen-bond acceptors (Lipinski definition) is 6. The zero-order chi connectivity index (χ0) is 25.7. The number of amides is 2. The Bertz CT molecular complexity index is 1250. The predicted molar refractivity (Wildman–Crippen MR) is 143 cm³/mol. The second-order valence-electron chi connectivity index (χ2n) is 8.51. The fraction of sp³-hybridized carbons (Fsp3) is 0.269. The summed E-state index contributed by atoms with van der Waals surface area (Å²) in [6.07, 6.45) is 1.52. The predicted octanol–water partition coefficient (Wildman–Crippen LogP) is 4.61. The number of carbonyl (C=O) groups is 2. The highest BCUT2D eigenvalue weighted by Gasteiger charge is 2.18. The number of aryl methyl sites for hydroxylation is 1. The highest BCUT2D eigenvalue weighted by atomic mass is 35.5. The Labute approximate surface area is 220 Å². The van der Waals surface area contributed by atoms with E-state index in [-0.39, 0.29) is 11.8 Å². The molecule has 1 fully saturated rings. The van der Waals surface area contributed by atoms with Gasteiger partial charge in [0.2, 0.25) is 11.8 Å². The van der Waals surface area contributed by atoms with Gasteiger partial charge in [0.1, 0.15) is 5.75 Å². The summed E-state index contributed by atoms with van der Waals surface area (Å²) >= 11 is 11.9. The molecule has 0 spiro atoms. The number of ether oxygens (including phenoxy) is 1. The molecule has 10 heteroatoms. The number of benzene rings is 2. The van der Waals surface area contributed by atoms with Crippen LogP contribution in [0.2, 0.25) is 10.0 Å². The van der Waals surface area contributed by atoms with Gasteiger partial charge in [-0.25, -0.2) is 4.98 Å². The largest absolute Gasteiger partial charge is 0.439 e. The summed E-state index contributed by atoms with van der Waals surface area (Å²) in [4.78, 5) is 33.1. The third kappa shape index (κ3) is 6.46. The average molecular weight is 528 g/mol. The molecule has 1 aromatic heterocycles. The number of piperazine rings is 1.